The fourth-order valence-electron chi connectivity index (χ4n) is 2.87. The molecule has 0 unspecified atom stereocenters. The van der Waals surface area contributed by atoms with Crippen molar-refractivity contribution < 1.29 is 4.42 Å². The second-order valence-electron chi connectivity index (χ2n) is 5.57. The maximum Gasteiger partial charge on any atom is 0.137 e. The Bertz CT molecular complexity index is 1050. The van der Waals surface area contributed by atoms with E-state index in [0.717, 1.165) is 27.8 Å². The first-order valence-corrected chi connectivity index (χ1v) is 7.28. The van der Waals surface area contributed by atoms with Crippen LogP contribution in [0, 0.1) is 5.41 Å². The van der Waals surface area contributed by atoms with E-state index in [-0.39, 0.29) is 0 Å². The molecule has 0 bridgehead atoms. The molecular weight excluding hydrogens is 286 g/mol. The summed E-state index contributed by atoms with van der Waals surface area (Å²) >= 11 is 0. The molecule has 4 heteroatoms. The largest absolute Gasteiger partial charge is 0.456 e. The molecule has 2 aromatic rings. The lowest BCUT2D eigenvalue weighted by Crippen LogP contribution is -2.00. The number of rotatable bonds is 1. The van der Waals surface area contributed by atoms with Crippen LogP contribution in [0.4, 0.5) is 11.4 Å². The van der Waals surface area contributed by atoms with Gasteiger partial charge < -0.3 is 21.3 Å². The summed E-state index contributed by atoms with van der Waals surface area (Å²) in [5.41, 5.74) is 16.8. The number of hydrogen-bond donors (Lipinski definition) is 3. The molecule has 1 heterocycles. The molecule has 4 nitrogen and oxygen atoms in total. The van der Waals surface area contributed by atoms with Crippen LogP contribution in [0.5, 0.6) is 0 Å². The summed E-state index contributed by atoms with van der Waals surface area (Å²) in [5.74, 6) is 0.669. The molecule has 0 amide bonds. The maximum atomic E-state index is 7.83. The summed E-state index contributed by atoms with van der Waals surface area (Å²) in [5, 5.41) is 9.22. The van der Waals surface area contributed by atoms with Gasteiger partial charge in [0.15, 0.2) is 0 Å². The van der Waals surface area contributed by atoms with Crippen molar-refractivity contribution in [1.29, 1.82) is 5.41 Å². The molecule has 0 fully saturated rings. The number of hydrogen-bond acceptors (Lipinski definition) is 4. The highest BCUT2D eigenvalue weighted by Crippen LogP contribution is 2.40. The Balaban J connectivity index is 2.17. The van der Waals surface area contributed by atoms with Crippen LogP contribution in [0.1, 0.15) is 0 Å². The van der Waals surface area contributed by atoms with Crippen LogP contribution in [0.2, 0.25) is 0 Å². The van der Waals surface area contributed by atoms with Crippen molar-refractivity contribution in [3.63, 3.8) is 0 Å². The zero-order valence-electron chi connectivity index (χ0n) is 12.3. The van der Waals surface area contributed by atoms with Gasteiger partial charge in [0.05, 0.1) is 5.36 Å². The van der Waals surface area contributed by atoms with Crippen molar-refractivity contribution in [3.8, 4) is 22.5 Å². The normalized spacial score (nSPS) is 11.1. The fourth-order valence-corrected chi connectivity index (χ4v) is 2.87. The highest BCUT2D eigenvalue weighted by molar-refractivity contribution is 6.02. The monoisotopic (exact) mass is 301 g/mol. The predicted molar refractivity (Wildman–Crippen MR) is 93.0 cm³/mol. The van der Waals surface area contributed by atoms with E-state index in [2.05, 4.69) is 0 Å². The highest BCUT2D eigenvalue weighted by atomic mass is 16.3. The number of nitrogen functional groups attached to an aromatic ring is 2. The van der Waals surface area contributed by atoms with E-state index < -0.39 is 0 Å². The van der Waals surface area contributed by atoms with E-state index in [4.69, 9.17) is 21.3 Å². The average Bonchev–Trinajstić information content (AvgIpc) is 2.53. The predicted octanol–water partition coefficient (Wildman–Crippen LogP) is 3.85. The molecule has 4 rings (SSSR count). The van der Waals surface area contributed by atoms with Gasteiger partial charge >= 0.3 is 0 Å². The fraction of sp³-hybridized carbons (Fsp3) is 0. The summed E-state index contributed by atoms with van der Waals surface area (Å²) in [6.45, 7) is 0. The Morgan fingerprint density at radius 2 is 1.52 bits per heavy atom. The van der Waals surface area contributed by atoms with Gasteiger partial charge in [-0.15, -0.1) is 0 Å². The van der Waals surface area contributed by atoms with Gasteiger partial charge in [-0.25, -0.2) is 0 Å². The third-order valence-corrected chi connectivity index (χ3v) is 3.95. The third-order valence-electron chi connectivity index (χ3n) is 3.95. The maximum absolute atomic E-state index is 7.83. The minimum Gasteiger partial charge on any atom is -0.456 e. The van der Waals surface area contributed by atoms with Crippen LogP contribution < -0.4 is 16.8 Å². The summed E-state index contributed by atoms with van der Waals surface area (Å²) in [7, 11) is 0. The molecular formula is C19H15N3O. The first-order valence-electron chi connectivity index (χ1n) is 7.28. The van der Waals surface area contributed by atoms with Crippen molar-refractivity contribution in [2.45, 2.75) is 0 Å². The van der Waals surface area contributed by atoms with E-state index in [1.54, 1.807) is 12.1 Å². The smallest absolute Gasteiger partial charge is 0.137 e. The van der Waals surface area contributed by atoms with Crippen LogP contribution in [0.25, 0.3) is 33.4 Å². The molecule has 23 heavy (non-hydrogen) atoms. The van der Waals surface area contributed by atoms with Gasteiger partial charge in [0, 0.05) is 40.0 Å². The van der Waals surface area contributed by atoms with Gasteiger partial charge in [-0.1, -0.05) is 12.1 Å². The Morgan fingerprint density at radius 1 is 0.783 bits per heavy atom. The minimum atomic E-state index is 0.410. The van der Waals surface area contributed by atoms with Crippen molar-refractivity contribution in [1.82, 2.24) is 0 Å². The van der Waals surface area contributed by atoms with Crippen LogP contribution in [0.3, 0.4) is 0 Å². The van der Waals surface area contributed by atoms with Gasteiger partial charge in [-0.3, -0.25) is 0 Å². The molecule has 2 aliphatic rings. The molecule has 0 saturated heterocycles. The standard InChI is InChI=1S/C19H15N3O/c20-12-3-1-11(2-4-12)19-15-7-5-13(21)9-17(15)23-18-10-14(22)6-8-16(18)19/h1-10,21H,20,22H2. The number of nitrogens with one attached hydrogen (secondary N) is 1. The molecule has 0 radical (unpaired) electrons. The van der Waals surface area contributed by atoms with Crippen LogP contribution in [-0.4, -0.2) is 0 Å². The van der Waals surface area contributed by atoms with E-state index in [0.29, 0.717) is 22.4 Å². The number of benzene rings is 3. The molecule has 0 atom stereocenters. The first kappa shape index (κ1) is 13.4. The quantitative estimate of drug-likeness (QED) is 0.368. The second-order valence-corrected chi connectivity index (χ2v) is 5.57. The molecule has 2 aromatic carbocycles. The third kappa shape index (κ3) is 2.21. The van der Waals surface area contributed by atoms with Crippen molar-refractivity contribution in [2.24, 2.45) is 0 Å². The summed E-state index contributed by atoms with van der Waals surface area (Å²) in [6.07, 6.45) is 0. The molecule has 0 aromatic heterocycles. The topological polar surface area (TPSA) is 89.0 Å². The van der Waals surface area contributed by atoms with Crippen molar-refractivity contribution >= 4 is 22.3 Å². The van der Waals surface area contributed by atoms with Crippen LogP contribution >= 0.6 is 0 Å². The van der Waals surface area contributed by atoms with Gasteiger partial charge in [0.2, 0.25) is 0 Å². The lowest BCUT2D eigenvalue weighted by Gasteiger charge is -2.15. The lowest BCUT2D eigenvalue weighted by molar-refractivity contribution is 0.619. The average molecular weight is 301 g/mol. The summed E-state index contributed by atoms with van der Waals surface area (Å²) in [4.78, 5) is 0. The number of anilines is 2. The zero-order chi connectivity index (χ0) is 16.0. The van der Waals surface area contributed by atoms with E-state index >= 15 is 0 Å². The minimum absolute atomic E-state index is 0.410. The van der Waals surface area contributed by atoms with E-state index in [1.807, 2.05) is 48.5 Å². The molecule has 1 aliphatic heterocycles. The first-order chi connectivity index (χ1) is 11.1. The Kier molecular flexibility index (Phi) is 2.84. The Morgan fingerprint density at radius 3 is 2.30 bits per heavy atom. The molecule has 112 valence electrons. The SMILES string of the molecule is N=c1ccc2c(-c3ccc(N)cc3)c3ccc(N)cc3oc-2c1. The van der Waals surface area contributed by atoms with E-state index in [1.165, 1.54) is 0 Å². The molecule has 1 aliphatic carbocycles. The van der Waals surface area contributed by atoms with Gasteiger partial charge in [-0.2, -0.15) is 0 Å². The molecule has 0 saturated carbocycles. The van der Waals surface area contributed by atoms with E-state index in [9.17, 15) is 0 Å². The van der Waals surface area contributed by atoms with Crippen molar-refractivity contribution in [2.75, 3.05) is 11.5 Å². The van der Waals surface area contributed by atoms with Gasteiger partial charge in [0.25, 0.3) is 0 Å². The van der Waals surface area contributed by atoms with Gasteiger partial charge in [0.1, 0.15) is 11.3 Å². The Hall–Kier alpha value is -3.27. The number of fused-ring (bicyclic) bond motifs is 2. The van der Waals surface area contributed by atoms with Crippen LogP contribution in [-0.2, 0) is 0 Å². The second kappa shape index (κ2) is 4.88. The van der Waals surface area contributed by atoms with Crippen LogP contribution in [0.15, 0.2) is 65.1 Å². The lowest BCUT2D eigenvalue weighted by atomic mass is 9.93. The summed E-state index contributed by atoms with van der Waals surface area (Å²) in [6, 6.07) is 18.8. The van der Waals surface area contributed by atoms with Crippen molar-refractivity contribution in [3.05, 3.63) is 66.0 Å². The van der Waals surface area contributed by atoms with Gasteiger partial charge in [-0.05, 0) is 42.0 Å². The number of nitrogens with two attached hydrogens (primary N) is 2. The molecule has 0 spiro atoms. The highest BCUT2D eigenvalue weighted by Gasteiger charge is 2.16. The zero-order valence-corrected chi connectivity index (χ0v) is 12.3. The summed E-state index contributed by atoms with van der Waals surface area (Å²) < 4.78 is 5.97. The molecule has 5 N–H and O–H groups in total. The Labute approximate surface area is 132 Å².